The van der Waals surface area contributed by atoms with E-state index in [9.17, 15) is 9.59 Å². The number of hydrogen-bond donors (Lipinski definition) is 4. The summed E-state index contributed by atoms with van der Waals surface area (Å²) in [5.41, 5.74) is 0. The highest BCUT2D eigenvalue weighted by Gasteiger charge is 2.22. The minimum absolute atomic E-state index is 0.0869. The van der Waals surface area contributed by atoms with Gasteiger partial charge in [0.25, 0.3) is 0 Å². The van der Waals surface area contributed by atoms with Crippen LogP contribution in [0.5, 0.6) is 0 Å². The minimum atomic E-state index is -1.64. The number of hydrogen-bond acceptors (Lipinski definition) is 6. The molecule has 0 saturated carbocycles. The fourth-order valence-corrected chi connectivity index (χ4v) is 0.416. The quantitative estimate of drug-likeness (QED) is 0.392. The fourth-order valence-electron chi connectivity index (χ4n) is 0.416. The van der Waals surface area contributed by atoms with E-state index in [1.165, 1.54) is 13.8 Å². The molecule has 0 heterocycles. The molecule has 4 N–H and O–H groups in total. The van der Waals surface area contributed by atoms with Crippen LogP contribution in [0.15, 0.2) is 0 Å². The number of carbonyl (C=O) groups excluding carboxylic acids is 2. The molecule has 0 saturated heterocycles. The molecule has 0 aliphatic rings. The van der Waals surface area contributed by atoms with Crippen LogP contribution in [0.1, 0.15) is 13.8 Å². The molecule has 0 aromatic carbocycles. The molecule has 0 rings (SSSR count). The number of aliphatic hydroxyl groups is 4. The molecule has 0 aliphatic heterocycles. The molecule has 0 aliphatic carbocycles. The Balaban J connectivity index is 0. The predicted molar refractivity (Wildman–Crippen MR) is 47.5 cm³/mol. The number of Topliss-reactive ketones (excluding diaryl/α,β-unsaturated/α-hetero) is 1. The first-order valence-corrected chi connectivity index (χ1v) is 3.94. The van der Waals surface area contributed by atoms with Crippen LogP contribution >= 0.6 is 0 Å². The molecule has 84 valence electrons. The second-order valence-corrected chi connectivity index (χ2v) is 2.78. The maximum atomic E-state index is 9.76. The molecule has 0 bridgehead atoms. The number of carbonyl (C=O) groups is 2. The summed E-state index contributed by atoms with van der Waals surface area (Å²) in [6, 6.07) is 0. The third-order valence-electron chi connectivity index (χ3n) is 1.07. The van der Waals surface area contributed by atoms with E-state index in [0.29, 0.717) is 0 Å². The predicted octanol–water partition coefficient (Wildman–Crippen LogP) is -2.14. The molecule has 0 amide bonds. The lowest BCUT2D eigenvalue weighted by Gasteiger charge is -2.16. The first kappa shape index (κ1) is 15.6. The topological polar surface area (TPSA) is 115 Å². The highest BCUT2D eigenvalue weighted by Crippen LogP contribution is 1.96. The number of aliphatic hydroxyl groups excluding tert-OH is 4. The largest absolute Gasteiger partial charge is 0.394 e. The van der Waals surface area contributed by atoms with Gasteiger partial charge < -0.3 is 30.0 Å². The van der Waals surface area contributed by atoms with Gasteiger partial charge in [0.05, 0.1) is 6.61 Å². The first-order chi connectivity index (χ1) is 6.36. The molecular weight excluding hydrogens is 192 g/mol. The van der Waals surface area contributed by atoms with Gasteiger partial charge in [0.2, 0.25) is 0 Å². The fraction of sp³-hybridized carbons (Fsp3) is 0.750. The van der Waals surface area contributed by atoms with Crippen molar-refractivity contribution in [2.45, 2.75) is 32.2 Å². The van der Waals surface area contributed by atoms with Crippen LogP contribution in [-0.2, 0) is 9.59 Å². The molecule has 0 unspecified atom stereocenters. The van der Waals surface area contributed by atoms with Crippen molar-refractivity contribution >= 4 is 12.1 Å². The Bertz CT molecular complexity index is 165. The van der Waals surface area contributed by atoms with E-state index in [1.807, 2.05) is 0 Å². The van der Waals surface area contributed by atoms with Crippen molar-refractivity contribution in [3.05, 3.63) is 0 Å². The molecular formula is C8H16O6. The summed E-state index contributed by atoms with van der Waals surface area (Å²) < 4.78 is 0. The van der Waals surface area contributed by atoms with Crippen molar-refractivity contribution in [3.8, 4) is 0 Å². The van der Waals surface area contributed by atoms with E-state index >= 15 is 0 Å². The number of ketones is 1. The Morgan fingerprint density at radius 2 is 1.64 bits per heavy atom. The molecule has 0 spiro atoms. The lowest BCUT2D eigenvalue weighted by atomic mass is 10.1. The van der Waals surface area contributed by atoms with E-state index in [0.717, 1.165) is 0 Å². The molecule has 0 aromatic heterocycles. The van der Waals surface area contributed by atoms with Crippen molar-refractivity contribution in [3.63, 3.8) is 0 Å². The van der Waals surface area contributed by atoms with Gasteiger partial charge in [-0.25, -0.2) is 0 Å². The highest BCUT2D eigenvalue weighted by atomic mass is 16.4. The second kappa shape index (κ2) is 8.76. The first-order valence-electron chi connectivity index (χ1n) is 3.94. The summed E-state index contributed by atoms with van der Waals surface area (Å²) in [5.74, 6) is 0.167. The van der Waals surface area contributed by atoms with Gasteiger partial charge in [-0.05, 0) is 13.8 Å². The molecule has 6 nitrogen and oxygen atoms in total. The number of rotatable bonds is 4. The van der Waals surface area contributed by atoms with E-state index in [2.05, 4.69) is 0 Å². The monoisotopic (exact) mass is 208 g/mol. The van der Waals surface area contributed by atoms with Crippen LogP contribution in [0, 0.1) is 0 Å². The van der Waals surface area contributed by atoms with Crippen LogP contribution in [-0.4, -0.2) is 57.4 Å². The minimum Gasteiger partial charge on any atom is -0.394 e. The van der Waals surface area contributed by atoms with Crippen molar-refractivity contribution in [2.75, 3.05) is 6.61 Å². The zero-order chi connectivity index (χ0) is 11.7. The van der Waals surface area contributed by atoms with Gasteiger partial charge in [-0.2, -0.15) is 0 Å². The van der Waals surface area contributed by atoms with Gasteiger partial charge in [-0.3, -0.25) is 0 Å². The van der Waals surface area contributed by atoms with Crippen LogP contribution in [0.25, 0.3) is 0 Å². The van der Waals surface area contributed by atoms with E-state index in [-0.39, 0.29) is 12.1 Å². The van der Waals surface area contributed by atoms with Crippen LogP contribution in [0.3, 0.4) is 0 Å². The molecule has 0 radical (unpaired) electrons. The highest BCUT2D eigenvalue weighted by molar-refractivity contribution is 5.72. The Labute approximate surface area is 81.8 Å². The van der Waals surface area contributed by atoms with Crippen molar-refractivity contribution in [2.24, 2.45) is 0 Å². The third kappa shape index (κ3) is 9.27. The average molecular weight is 208 g/mol. The maximum Gasteiger partial charge on any atom is 0.151 e. The molecule has 14 heavy (non-hydrogen) atoms. The van der Waals surface area contributed by atoms with Crippen molar-refractivity contribution in [1.82, 2.24) is 0 Å². The van der Waals surface area contributed by atoms with Gasteiger partial charge in [-0.15, -0.1) is 0 Å². The summed E-state index contributed by atoms with van der Waals surface area (Å²) >= 11 is 0. The molecule has 3 atom stereocenters. The molecule has 0 aromatic rings. The summed E-state index contributed by atoms with van der Waals surface area (Å²) in [7, 11) is 0. The Hall–Kier alpha value is -0.820. The van der Waals surface area contributed by atoms with Gasteiger partial charge in [0.1, 0.15) is 24.1 Å². The zero-order valence-electron chi connectivity index (χ0n) is 8.12. The lowest BCUT2D eigenvalue weighted by Crippen LogP contribution is -2.40. The SMILES string of the molecule is CC(C)=O.O=C[C@H](O)[C@H](O)[C@H](O)CO. The summed E-state index contributed by atoms with van der Waals surface area (Å²) in [6.07, 6.45) is -4.63. The number of aldehydes is 1. The van der Waals surface area contributed by atoms with Gasteiger partial charge in [0.15, 0.2) is 6.29 Å². The Morgan fingerprint density at radius 3 is 1.86 bits per heavy atom. The maximum absolute atomic E-state index is 9.76. The average Bonchev–Trinajstić information content (AvgIpc) is 2.13. The van der Waals surface area contributed by atoms with E-state index in [1.54, 1.807) is 0 Å². The normalized spacial score (nSPS) is 15.9. The Kier molecular flexibility index (Phi) is 9.79. The molecule has 6 heteroatoms. The van der Waals surface area contributed by atoms with E-state index in [4.69, 9.17) is 20.4 Å². The van der Waals surface area contributed by atoms with Crippen molar-refractivity contribution in [1.29, 1.82) is 0 Å². The smallest absolute Gasteiger partial charge is 0.151 e. The summed E-state index contributed by atoms with van der Waals surface area (Å²) in [6.45, 7) is 2.37. The van der Waals surface area contributed by atoms with Crippen LogP contribution in [0.4, 0.5) is 0 Å². The zero-order valence-corrected chi connectivity index (χ0v) is 8.12. The Morgan fingerprint density at radius 1 is 1.29 bits per heavy atom. The van der Waals surface area contributed by atoms with E-state index < -0.39 is 24.9 Å². The van der Waals surface area contributed by atoms with Crippen molar-refractivity contribution < 1.29 is 30.0 Å². The third-order valence-corrected chi connectivity index (χ3v) is 1.07. The lowest BCUT2D eigenvalue weighted by molar-refractivity contribution is -0.127. The summed E-state index contributed by atoms with van der Waals surface area (Å²) in [4.78, 5) is 19.2. The second-order valence-electron chi connectivity index (χ2n) is 2.78. The molecule has 0 fully saturated rings. The van der Waals surface area contributed by atoms with Crippen LogP contribution in [0.2, 0.25) is 0 Å². The van der Waals surface area contributed by atoms with Gasteiger partial charge in [-0.1, -0.05) is 0 Å². The standard InChI is InChI=1S/C5H10O5.C3H6O/c6-1-3(8)5(10)4(9)2-7;1-3(2)4/h1,3-5,7-10H,2H2;1-2H3/t3-,4+,5-;/m0./s1. The summed E-state index contributed by atoms with van der Waals surface area (Å²) in [5, 5.41) is 34.1. The van der Waals surface area contributed by atoms with Crippen LogP contribution < -0.4 is 0 Å². The van der Waals surface area contributed by atoms with Gasteiger partial charge >= 0.3 is 0 Å². The van der Waals surface area contributed by atoms with Gasteiger partial charge in [0, 0.05) is 0 Å².